The lowest BCUT2D eigenvalue weighted by Gasteiger charge is -2.22. The lowest BCUT2D eigenvalue weighted by molar-refractivity contribution is -0.122. The van der Waals surface area contributed by atoms with Crippen molar-refractivity contribution in [1.29, 1.82) is 0 Å². The zero-order chi connectivity index (χ0) is 24.7. The molecular formula is C25H35N3O5S. The molecule has 8 nitrogen and oxygen atoms in total. The fourth-order valence-electron chi connectivity index (χ4n) is 3.89. The Kier molecular flexibility index (Phi) is 8.79. The molecule has 186 valence electrons. The van der Waals surface area contributed by atoms with Gasteiger partial charge in [-0.3, -0.25) is 4.79 Å². The topological polar surface area (TPSA) is 97.0 Å². The Morgan fingerprint density at radius 3 is 2.24 bits per heavy atom. The van der Waals surface area contributed by atoms with Gasteiger partial charge in [-0.25, -0.2) is 8.42 Å². The largest absolute Gasteiger partial charge is 0.493 e. The van der Waals surface area contributed by atoms with Crippen molar-refractivity contribution >= 4 is 21.6 Å². The third-order valence-corrected chi connectivity index (χ3v) is 7.81. The third kappa shape index (κ3) is 6.21. The molecule has 1 atom stereocenters. The van der Waals surface area contributed by atoms with E-state index in [2.05, 4.69) is 24.5 Å². The van der Waals surface area contributed by atoms with Gasteiger partial charge in [-0.1, -0.05) is 19.9 Å². The van der Waals surface area contributed by atoms with Crippen molar-refractivity contribution in [2.75, 3.05) is 39.2 Å². The molecular weight excluding hydrogens is 454 g/mol. The first-order chi connectivity index (χ1) is 16.3. The van der Waals surface area contributed by atoms with Crippen LogP contribution in [-0.4, -0.2) is 52.5 Å². The molecule has 1 amide bonds. The Bertz CT molecular complexity index is 1060. The number of carbonyl (C=O) groups excluding carboxylic acids is 1. The molecule has 0 aliphatic carbocycles. The van der Waals surface area contributed by atoms with Crippen LogP contribution >= 0.6 is 0 Å². The van der Waals surface area contributed by atoms with Crippen molar-refractivity contribution in [3.63, 3.8) is 0 Å². The summed E-state index contributed by atoms with van der Waals surface area (Å²) in [5, 5.41) is 6.25. The monoisotopic (exact) mass is 489 g/mol. The number of ether oxygens (including phenoxy) is 2. The highest BCUT2D eigenvalue weighted by molar-refractivity contribution is 7.89. The quantitative estimate of drug-likeness (QED) is 0.498. The minimum absolute atomic E-state index is 0.179. The van der Waals surface area contributed by atoms with Crippen LogP contribution in [0.1, 0.15) is 44.7 Å². The van der Waals surface area contributed by atoms with Gasteiger partial charge < -0.3 is 20.1 Å². The molecule has 3 rings (SSSR count). The molecule has 0 spiro atoms. The van der Waals surface area contributed by atoms with E-state index in [1.165, 1.54) is 4.31 Å². The van der Waals surface area contributed by atoms with E-state index in [4.69, 9.17) is 9.47 Å². The predicted molar refractivity (Wildman–Crippen MR) is 133 cm³/mol. The Morgan fingerprint density at radius 1 is 1.00 bits per heavy atom. The van der Waals surface area contributed by atoms with Gasteiger partial charge in [0.25, 0.3) is 0 Å². The van der Waals surface area contributed by atoms with Crippen LogP contribution in [0.15, 0.2) is 47.4 Å². The van der Waals surface area contributed by atoms with Gasteiger partial charge >= 0.3 is 0 Å². The number of carbonyl (C=O) groups is 1. The summed E-state index contributed by atoms with van der Waals surface area (Å²) < 4.78 is 37.9. The molecule has 2 aromatic rings. The fraction of sp³-hybridized carbons (Fsp3) is 0.480. The highest BCUT2D eigenvalue weighted by atomic mass is 32.2. The van der Waals surface area contributed by atoms with Gasteiger partial charge in [-0.05, 0) is 67.1 Å². The Balaban J connectivity index is 1.84. The molecule has 34 heavy (non-hydrogen) atoms. The lowest BCUT2D eigenvalue weighted by Crippen LogP contribution is -2.34. The van der Waals surface area contributed by atoms with E-state index >= 15 is 0 Å². The van der Waals surface area contributed by atoms with Crippen LogP contribution in [0.5, 0.6) is 11.5 Å². The number of nitrogens with zero attached hydrogens (tertiary/aromatic N) is 1. The molecule has 1 saturated heterocycles. The maximum Gasteiger partial charge on any atom is 0.247 e. The highest BCUT2D eigenvalue weighted by Crippen LogP contribution is 2.32. The number of anilines is 1. The zero-order valence-electron chi connectivity index (χ0n) is 20.3. The van der Waals surface area contributed by atoms with Crippen LogP contribution in [0.3, 0.4) is 0 Å². The van der Waals surface area contributed by atoms with Gasteiger partial charge in [0.2, 0.25) is 15.9 Å². The van der Waals surface area contributed by atoms with Crippen molar-refractivity contribution in [1.82, 2.24) is 9.62 Å². The number of benzene rings is 2. The van der Waals surface area contributed by atoms with Gasteiger partial charge in [-0.15, -0.1) is 0 Å². The fourth-order valence-corrected chi connectivity index (χ4v) is 5.40. The summed E-state index contributed by atoms with van der Waals surface area (Å²) in [5.74, 6) is 1.38. The molecule has 0 unspecified atom stereocenters. The zero-order valence-corrected chi connectivity index (χ0v) is 21.2. The molecule has 0 aromatic heterocycles. The second kappa shape index (κ2) is 11.6. The van der Waals surface area contributed by atoms with E-state index in [0.717, 1.165) is 19.3 Å². The second-order valence-electron chi connectivity index (χ2n) is 8.80. The van der Waals surface area contributed by atoms with E-state index in [1.54, 1.807) is 50.6 Å². The van der Waals surface area contributed by atoms with Crippen LogP contribution in [0.2, 0.25) is 0 Å². The molecule has 0 saturated carbocycles. The molecule has 2 N–H and O–H groups in total. The molecule has 9 heteroatoms. The standard InChI is InChI=1S/C25H35N3O5S/c1-18(2)13-14-26-25(29)24(19-7-12-22(32-3)23(17-19)33-4)27-20-8-10-21(11-9-20)34(30,31)28-15-5-6-16-28/h7-12,17-18,24,27H,5-6,13-16H2,1-4H3,(H,26,29)/t24-/m1/s1. The third-order valence-electron chi connectivity index (χ3n) is 5.89. The summed E-state index contributed by atoms with van der Waals surface area (Å²) in [6, 6.07) is 11.2. The van der Waals surface area contributed by atoms with E-state index in [-0.39, 0.29) is 10.8 Å². The van der Waals surface area contributed by atoms with Crippen molar-refractivity contribution in [2.45, 2.75) is 44.0 Å². The first-order valence-electron chi connectivity index (χ1n) is 11.6. The number of methoxy groups -OCH3 is 2. The molecule has 1 aliphatic rings. The van der Waals surface area contributed by atoms with E-state index in [0.29, 0.717) is 48.3 Å². The van der Waals surface area contributed by atoms with Crippen LogP contribution in [-0.2, 0) is 14.8 Å². The number of nitrogens with one attached hydrogen (secondary N) is 2. The maximum atomic E-state index is 13.1. The first-order valence-corrected chi connectivity index (χ1v) is 13.1. The summed E-state index contributed by atoms with van der Waals surface area (Å²) in [6.45, 7) is 5.89. The second-order valence-corrected chi connectivity index (χ2v) is 10.7. The number of hydrogen-bond donors (Lipinski definition) is 2. The summed E-state index contributed by atoms with van der Waals surface area (Å²) >= 11 is 0. The predicted octanol–water partition coefficient (Wildman–Crippen LogP) is 3.80. The van der Waals surface area contributed by atoms with Gasteiger partial charge in [-0.2, -0.15) is 4.31 Å². The van der Waals surface area contributed by atoms with Gasteiger partial charge in [0, 0.05) is 25.3 Å². The van der Waals surface area contributed by atoms with Crippen molar-refractivity contribution in [3.8, 4) is 11.5 Å². The molecule has 2 aromatic carbocycles. The number of rotatable bonds is 11. The Hall–Kier alpha value is -2.78. The average molecular weight is 490 g/mol. The van der Waals surface area contributed by atoms with Crippen LogP contribution in [0.25, 0.3) is 0 Å². The number of hydrogen-bond acceptors (Lipinski definition) is 6. The summed E-state index contributed by atoms with van der Waals surface area (Å²) in [7, 11) is -0.386. The van der Waals surface area contributed by atoms with Crippen molar-refractivity contribution in [3.05, 3.63) is 48.0 Å². The molecule has 0 bridgehead atoms. The van der Waals surface area contributed by atoms with Gasteiger partial charge in [0.1, 0.15) is 6.04 Å². The molecule has 1 heterocycles. The van der Waals surface area contributed by atoms with Crippen molar-refractivity contribution in [2.24, 2.45) is 5.92 Å². The van der Waals surface area contributed by atoms with E-state index in [9.17, 15) is 13.2 Å². The van der Waals surface area contributed by atoms with E-state index in [1.807, 2.05) is 6.07 Å². The highest BCUT2D eigenvalue weighted by Gasteiger charge is 2.27. The van der Waals surface area contributed by atoms with Crippen LogP contribution < -0.4 is 20.1 Å². The summed E-state index contributed by atoms with van der Waals surface area (Å²) in [5.41, 5.74) is 1.34. The Labute approximate surface area is 202 Å². The first kappa shape index (κ1) is 25.8. The SMILES string of the molecule is COc1ccc([C@@H](Nc2ccc(S(=O)(=O)N3CCCC3)cc2)C(=O)NCCC(C)C)cc1OC. The van der Waals surface area contributed by atoms with E-state index < -0.39 is 16.1 Å². The van der Waals surface area contributed by atoms with Crippen LogP contribution in [0, 0.1) is 5.92 Å². The summed E-state index contributed by atoms with van der Waals surface area (Å²) in [6.07, 6.45) is 2.64. The van der Waals surface area contributed by atoms with Crippen molar-refractivity contribution < 1.29 is 22.7 Å². The van der Waals surface area contributed by atoms with Gasteiger partial charge in [0.05, 0.1) is 19.1 Å². The average Bonchev–Trinajstić information content (AvgIpc) is 3.38. The normalized spacial score (nSPS) is 15.2. The Morgan fingerprint density at radius 2 is 1.65 bits per heavy atom. The van der Waals surface area contributed by atoms with Crippen LogP contribution in [0.4, 0.5) is 5.69 Å². The number of sulfonamides is 1. The molecule has 1 fully saturated rings. The smallest absolute Gasteiger partial charge is 0.247 e. The minimum Gasteiger partial charge on any atom is -0.493 e. The minimum atomic E-state index is -3.49. The lowest BCUT2D eigenvalue weighted by atomic mass is 10.0. The molecule has 0 radical (unpaired) electrons. The van der Waals surface area contributed by atoms with Gasteiger partial charge in [0.15, 0.2) is 11.5 Å². The maximum absolute atomic E-state index is 13.1. The number of amides is 1. The summed E-state index contributed by atoms with van der Waals surface area (Å²) in [4.78, 5) is 13.4. The molecule has 1 aliphatic heterocycles.